The summed E-state index contributed by atoms with van der Waals surface area (Å²) in [7, 11) is 0. The van der Waals surface area contributed by atoms with E-state index in [0.29, 0.717) is 6.29 Å². The Labute approximate surface area is 112 Å². The molecular weight excluding hydrogens is 276 g/mol. The second-order valence-corrected chi connectivity index (χ2v) is 4.11. The van der Waals surface area contributed by atoms with E-state index in [9.17, 15) is 13.6 Å². The molecule has 1 aromatic carbocycles. The van der Waals surface area contributed by atoms with Gasteiger partial charge in [0, 0.05) is 16.7 Å². The molecule has 1 aromatic heterocycles. The van der Waals surface area contributed by atoms with E-state index < -0.39 is 11.8 Å². The van der Waals surface area contributed by atoms with Gasteiger partial charge in [-0.3, -0.25) is 4.79 Å². The first kappa shape index (κ1) is 13.4. The fourth-order valence-corrected chi connectivity index (χ4v) is 1.55. The molecule has 19 heavy (non-hydrogen) atoms. The fourth-order valence-electron chi connectivity index (χ4n) is 1.39. The molecule has 0 spiro atoms. The number of aldehydes is 1. The molecule has 0 amide bonds. The molecule has 0 aliphatic rings. The molecule has 0 radical (unpaired) electrons. The average molecular weight is 284 g/mol. The van der Waals surface area contributed by atoms with E-state index in [-0.39, 0.29) is 28.6 Å². The van der Waals surface area contributed by atoms with Crippen molar-refractivity contribution in [2.45, 2.75) is 6.61 Å². The minimum absolute atomic E-state index is 0.0301. The van der Waals surface area contributed by atoms with Gasteiger partial charge < -0.3 is 4.74 Å². The van der Waals surface area contributed by atoms with Crippen LogP contribution in [0.25, 0.3) is 0 Å². The van der Waals surface area contributed by atoms with Gasteiger partial charge in [-0.1, -0.05) is 17.7 Å². The molecule has 3 nitrogen and oxygen atoms in total. The van der Waals surface area contributed by atoms with Crippen LogP contribution in [0.15, 0.2) is 30.3 Å². The molecule has 0 unspecified atom stereocenters. The normalized spacial score (nSPS) is 10.3. The summed E-state index contributed by atoms with van der Waals surface area (Å²) in [5.41, 5.74) is 0.107. The van der Waals surface area contributed by atoms with Crippen LogP contribution in [0.5, 0.6) is 5.88 Å². The topological polar surface area (TPSA) is 39.2 Å². The van der Waals surface area contributed by atoms with Gasteiger partial charge in [-0.2, -0.15) is 9.37 Å². The number of pyridine rings is 1. The molecule has 0 aliphatic carbocycles. The second-order valence-electron chi connectivity index (χ2n) is 3.67. The van der Waals surface area contributed by atoms with Crippen molar-refractivity contribution in [3.63, 3.8) is 0 Å². The first-order chi connectivity index (χ1) is 9.10. The van der Waals surface area contributed by atoms with E-state index in [0.717, 1.165) is 6.07 Å². The zero-order chi connectivity index (χ0) is 13.8. The minimum atomic E-state index is -0.927. The number of benzene rings is 1. The van der Waals surface area contributed by atoms with Gasteiger partial charge in [0.2, 0.25) is 11.8 Å². The predicted octanol–water partition coefficient (Wildman–Crippen LogP) is 3.40. The zero-order valence-corrected chi connectivity index (χ0v) is 10.3. The molecule has 0 bridgehead atoms. The highest BCUT2D eigenvalue weighted by Gasteiger charge is 2.07. The van der Waals surface area contributed by atoms with Crippen LogP contribution in [-0.4, -0.2) is 11.3 Å². The third-order valence-electron chi connectivity index (χ3n) is 2.37. The lowest BCUT2D eigenvalue weighted by Crippen LogP contribution is -2.02. The molecule has 0 saturated carbocycles. The molecule has 2 aromatic rings. The number of ether oxygens (including phenoxy) is 1. The number of carbonyl (C=O) groups is 1. The highest BCUT2D eigenvalue weighted by Crippen LogP contribution is 2.17. The Hall–Kier alpha value is -2.01. The average Bonchev–Trinajstić information content (AvgIpc) is 2.38. The lowest BCUT2D eigenvalue weighted by Gasteiger charge is -2.07. The Morgan fingerprint density at radius 1 is 1.26 bits per heavy atom. The number of carbonyl (C=O) groups excluding carboxylic acids is 1. The monoisotopic (exact) mass is 283 g/mol. The third-order valence-corrected chi connectivity index (χ3v) is 2.60. The molecule has 6 heteroatoms. The zero-order valence-electron chi connectivity index (χ0n) is 9.57. The predicted molar refractivity (Wildman–Crippen MR) is 65.3 cm³/mol. The van der Waals surface area contributed by atoms with Crippen molar-refractivity contribution < 1.29 is 18.3 Å². The Kier molecular flexibility index (Phi) is 4.06. The Morgan fingerprint density at radius 3 is 2.68 bits per heavy atom. The highest BCUT2D eigenvalue weighted by molar-refractivity contribution is 6.30. The number of hydrogen-bond donors (Lipinski definition) is 0. The Bertz CT molecular complexity index is 620. The number of rotatable bonds is 4. The van der Waals surface area contributed by atoms with Crippen LogP contribution >= 0.6 is 11.6 Å². The molecular formula is C13H8ClF2NO2. The summed E-state index contributed by atoms with van der Waals surface area (Å²) in [6.07, 6.45) is 0.352. The van der Waals surface area contributed by atoms with Crippen LogP contribution < -0.4 is 4.74 Å². The van der Waals surface area contributed by atoms with Crippen LogP contribution in [0.4, 0.5) is 8.78 Å². The SMILES string of the molecule is O=Cc1ccc(OCc2ccc(Cl)cc2F)nc1F. The summed E-state index contributed by atoms with van der Waals surface area (Å²) in [5.74, 6) is -1.47. The third kappa shape index (κ3) is 3.26. The number of halogens is 3. The maximum absolute atomic E-state index is 13.4. The summed E-state index contributed by atoms with van der Waals surface area (Å²) in [6, 6.07) is 6.72. The molecule has 98 valence electrons. The van der Waals surface area contributed by atoms with E-state index in [2.05, 4.69) is 4.98 Å². The van der Waals surface area contributed by atoms with Gasteiger partial charge in [0.15, 0.2) is 6.29 Å². The van der Waals surface area contributed by atoms with E-state index in [4.69, 9.17) is 16.3 Å². The molecule has 0 fully saturated rings. The lowest BCUT2D eigenvalue weighted by molar-refractivity contribution is 0.111. The van der Waals surface area contributed by atoms with Gasteiger partial charge in [0.05, 0.1) is 5.56 Å². The van der Waals surface area contributed by atoms with Gasteiger partial charge in [-0.15, -0.1) is 0 Å². The number of nitrogens with zero attached hydrogens (tertiary/aromatic N) is 1. The van der Waals surface area contributed by atoms with E-state index >= 15 is 0 Å². The molecule has 0 saturated heterocycles. The lowest BCUT2D eigenvalue weighted by atomic mass is 10.2. The Balaban J connectivity index is 2.10. The second kappa shape index (κ2) is 5.75. The summed E-state index contributed by atoms with van der Waals surface area (Å²) < 4.78 is 31.8. The quantitative estimate of drug-likeness (QED) is 0.638. The molecule has 0 N–H and O–H groups in total. The summed E-state index contributed by atoms with van der Waals surface area (Å²) in [5, 5.41) is 0.278. The van der Waals surface area contributed by atoms with Gasteiger partial charge in [-0.05, 0) is 18.2 Å². The highest BCUT2D eigenvalue weighted by atomic mass is 35.5. The maximum Gasteiger partial charge on any atom is 0.226 e. The number of hydrogen-bond acceptors (Lipinski definition) is 3. The van der Waals surface area contributed by atoms with Crippen molar-refractivity contribution >= 4 is 17.9 Å². The van der Waals surface area contributed by atoms with Crippen LogP contribution in [0.1, 0.15) is 15.9 Å². The van der Waals surface area contributed by atoms with Gasteiger partial charge in [0.1, 0.15) is 12.4 Å². The van der Waals surface area contributed by atoms with Crippen LogP contribution in [-0.2, 0) is 6.61 Å². The van der Waals surface area contributed by atoms with Crippen molar-refractivity contribution in [1.82, 2.24) is 4.98 Å². The van der Waals surface area contributed by atoms with Gasteiger partial charge in [-0.25, -0.2) is 4.39 Å². The van der Waals surface area contributed by atoms with Crippen molar-refractivity contribution in [2.24, 2.45) is 0 Å². The van der Waals surface area contributed by atoms with Gasteiger partial charge in [0.25, 0.3) is 0 Å². The Morgan fingerprint density at radius 2 is 2.05 bits per heavy atom. The van der Waals surface area contributed by atoms with Gasteiger partial charge >= 0.3 is 0 Å². The maximum atomic E-state index is 13.4. The number of aromatic nitrogens is 1. The van der Waals surface area contributed by atoms with Crippen molar-refractivity contribution in [2.75, 3.05) is 0 Å². The van der Waals surface area contributed by atoms with Crippen molar-refractivity contribution in [3.05, 3.63) is 58.2 Å². The fraction of sp³-hybridized carbons (Fsp3) is 0.0769. The minimum Gasteiger partial charge on any atom is -0.473 e. The van der Waals surface area contributed by atoms with E-state index in [1.54, 1.807) is 0 Å². The first-order valence-electron chi connectivity index (χ1n) is 5.28. The molecule has 1 heterocycles. The largest absolute Gasteiger partial charge is 0.473 e. The van der Waals surface area contributed by atoms with Crippen molar-refractivity contribution in [1.29, 1.82) is 0 Å². The molecule has 0 atom stereocenters. The summed E-state index contributed by atoms with van der Waals surface area (Å²) in [4.78, 5) is 13.8. The van der Waals surface area contributed by atoms with E-state index in [1.165, 1.54) is 24.3 Å². The van der Waals surface area contributed by atoms with Crippen molar-refractivity contribution in [3.8, 4) is 5.88 Å². The van der Waals surface area contributed by atoms with E-state index in [1.807, 2.05) is 0 Å². The van der Waals surface area contributed by atoms with Crippen LogP contribution in [0.3, 0.4) is 0 Å². The van der Waals surface area contributed by atoms with Crippen LogP contribution in [0, 0.1) is 11.8 Å². The standard InChI is InChI=1S/C13H8ClF2NO2/c14-10-3-1-9(11(15)5-10)7-19-12-4-2-8(6-18)13(16)17-12/h1-6H,7H2. The summed E-state index contributed by atoms with van der Waals surface area (Å²) >= 11 is 5.61. The first-order valence-corrected chi connectivity index (χ1v) is 5.66. The molecule has 0 aliphatic heterocycles. The smallest absolute Gasteiger partial charge is 0.226 e. The molecule has 2 rings (SSSR count). The van der Waals surface area contributed by atoms with Crippen LogP contribution in [0.2, 0.25) is 5.02 Å². The summed E-state index contributed by atoms with van der Waals surface area (Å²) in [6.45, 7) is -0.115.